The fourth-order valence-electron chi connectivity index (χ4n) is 7.41. The highest BCUT2D eigenvalue weighted by Crippen LogP contribution is 2.35. The Morgan fingerprint density at radius 3 is 1.15 bits per heavy atom. The van der Waals surface area contributed by atoms with Crippen LogP contribution >= 0.6 is 0 Å². The van der Waals surface area contributed by atoms with Gasteiger partial charge in [0, 0.05) is 0 Å². The standard InChI is InChI=1S/C33H57NO27/c34-2-1-3-52-29-19(46)14(41)23(9(5-36)54-29)57-31-20(47)15(42)24(10(6-37)55-31)58-32-21(48)16(43)25(11(7-38)56-32)59-33-22(49)17(44)26(27(61-33)28(50)51)60-30-18(45)13(40)12(39)8(4-35)53-30/h8-27,29-33,35-49H,1-7,34H2,(H,50,51). The number of aliphatic hydroxyl groups is 15. The first-order valence-corrected chi connectivity index (χ1v) is 19.3. The second-order valence-corrected chi connectivity index (χ2v) is 15.0. The zero-order valence-electron chi connectivity index (χ0n) is 32.1. The third-order valence-electron chi connectivity index (χ3n) is 10.9. The third-order valence-corrected chi connectivity index (χ3v) is 10.9. The van der Waals surface area contributed by atoms with Crippen LogP contribution in [-0.2, 0) is 52.2 Å². The average Bonchev–Trinajstić information content (AvgIpc) is 3.24. The Morgan fingerprint density at radius 2 is 0.754 bits per heavy atom. The van der Waals surface area contributed by atoms with Crippen LogP contribution in [0.4, 0.5) is 0 Å². The molecule has 356 valence electrons. The zero-order valence-corrected chi connectivity index (χ0v) is 32.1. The van der Waals surface area contributed by atoms with E-state index in [1.165, 1.54) is 0 Å². The van der Waals surface area contributed by atoms with E-state index in [0.29, 0.717) is 6.42 Å². The van der Waals surface area contributed by atoms with Crippen LogP contribution in [0.3, 0.4) is 0 Å². The van der Waals surface area contributed by atoms with Gasteiger partial charge in [-0.05, 0) is 13.0 Å². The van der Waals surface area contributed by atoms with E-state index in [-0.39, 0.29) is 13.2 Å². The summed E-state index contributed by atoms with van der Waals surface area (Å²) in [6.07, 6.45) is -47.2. The Balaban J connectivity index is 1.23. The van der Waals surface area contributed by atoms with E-state index in [1.807, 2.05) is 0 Å². The molecule has 0 amide bonds. The lowest BCUT2D eigenvalue weighted by molar-refractivity contribution is -0.391. The smallest absolute Gasteiger partial charge is 0.335 e. The Kier molecular flexibility index (Phi) is 18.3. The summed E-state index contributed by atoms with van der Waals surface area (Å²) in [5.74, 6) is -1.84. The van der Waals surface area contributed by atoms with Crippen molar-refractivity contribution in [1.29, 1.82) is 0 Å². The lowest BCUT2D eigenvalue weighted by Gasteiger charge is -2.49. The van der Waals surface area contributed by atoms with Crippen LogP contribution in [0.2, 0.25) is 0 Å². The summed E-state index contributed by atoms with van der Waals surface area (Å²) in [5.41, 5.74) is 5.43. The minimum Gasteiger partial charge on any atom is -0.479 e. The van der Waals surface area contributed by atoms with Crippen LogP contribution in [0.5, 0.6) is 0 Å². The van der Waals surface area contributed by atoms with E-state index in [9.17, 15) is 86.5 Å². The summed E-state index contributed by atoms with van der Waals surface area (Å²) in [7, 11) is 0. The molecule has 28 heteroatoms. The highest BCUT2D eigenvalue weighted by molar-refractivity contribution is 5.73. The van der Waals surface area contributed by atoms with Gasteiger partial charge in [0.25, 0.3) is 0 Å². The lowest BCUT2D eigenvalue weighted by Crippen LogP contribution is -2.68. The molecular formula is C33H57NO27. The molecule has 0 radical (unpaired) electrons. The number of carboxylic acid groups (broad SMARTS) is 1. The fourth-order valence-corrected chi connectivity index (χ4v) is 7.41. The number of hydrogen-bond donors (Lipinski definition) is 17. The van der Waals surface area contributed by atoms with Crippen molar-refractivity contribution >= 4 is 5.97 Å². The second-order valence-electron chi connectivity index (χ2n) is 15.0. The van der Waals surface area contributed by atoms with Crippen molar-refractivity contribution in [3.05, 3.63) is 0 Å². The summed E-state index contributed by atoms with van der Waals surface area (Å²) in [6.45, 7) is -3.38. The van der Waals surface area contributed by atoms with Crippen molar-refractivity contribution in [3.8, 4) is 0 Å². The minimum absolute atomic E-state index is 0.0408. The molecule has 18 N–H and O–H groups in total. The molecular weight excluding hydrogens is 842 g/mol. The van der Waals surface area contributed by atoms with Crippen molar-refractivity contribution in [2.75, 3.05) is 39.6 Å². The van der Waals surface area contributed by atoms with Gasteiger partial charge < -0.3 is 135 Å². The number of ether oxygens (including phenoxy) is 10. The van der Waals surface area contributed by atoms with Crippen LogP contribution in [0.25, 0.3) is 0 Å². The topological polar surface area (TPSA) is 459 Å². The van der Waals surface area contributed by atoms with Gasteiger partial charge >= 0.3 is 5.97 Å². The Labute approximate surface area is 345 Å². The van der Waals surface area contributed by atoms with Crippen LogP contribution in [0.15, 0.2) is 0 Å². The van der Waals surface area contributed by atoms with E-state index < -0.39 is 186 Å². The van der Waals surface area contributed by atoms with Crippen LogP contribution in [0, 0.1) is 0 Å². The molecule has 5 rings (SSSR count). The molecule has 0 saturated carbocycles. The monoisotopic (exact) mass is 899 g/mol. The maximum atomic E-state index is 12.2. The van der Waals surface area contributed by atoms with Crippen molar-refractivity contribution in [3.63, 3.8) is 0 Å². The highest BCUT2D eigenvalue weighted by Gasteiger charge is 2.57. The van der Waals surface area contributed by atoms with E-state index >= 15 is 0 Å². The van der Waals surface area contributed by atoms with Gasteiger partial charge in [0.05, 0.1) is 33.0 Å². The molecule has 0 spiro atoms. The fraction of sp³-hybridized carbons (Fsp3) is 0.970. The molecule has 0 aromatic carbocycles. The number of carbonyl (C=O) groups is 1. The molecule has 25 unspecified atom stereocenters. The van der Waals surface area contributed by atoms with E-state index in [4.69, 9.17) is 53.1 Å². The summed E-state index contributed by atoms with van der Waals surface area (Å²) in [5, 5.41) is 168. The molecule has 5 aliphatic rings. The summed E-state index contributed by atoms with van der Waals surface area (Å²) in [4.78, 5) is 12.2. The van der Waals surface area contributed by atoms with Gasteiger partial charge in [0.1, 0.15) is 116 Å². The first-order valence-electron chi connectivity index (χ1n) is 19.3. The summed E-state index contributed by atoms with van der Waals surface area (Å²) >= 11 is 0. The molecule has 5 fully saturated rings. The van der Waals surface area contributed by atoms with E-state index in [0.717, 1.165) is 0 Å². The number of rotatable bonds is 17. The number of hydrogen-bond acceptors (Lipinski definition) is 27. The normalized spacial score (nSPS) is 49.7. The van der Waals surface area contributed by atoms with Crippen molar-refractivity contribution < 1.29 is 134 Å². The quantitative estimate of drug-likeness (QED) is 0.0603. The molecule has 28 nitrogen and oxygen atoms in total. The predicted molar refractivity (Wildman–Crippen MR) is 184 cm³/mol. The number of aliphatic hydroxyl groups excluding tert-OH is 15. The van der Waals surface area contributed by atoms with Crippen molar-refractivity contribution in [1.82, 2.24) is 0 Å². The summed E-state index contributed by atoms with van der Waals surface area (Å²) in [6, 6.07) is 0. The second kappa shape index (κ2) is 22.1. The molecule has 5 saturated heterocycles. The molecule has 0 aliphatic carbocycles. The molecule has 0 aromatic rings. The van der Waals surface area contributed by atoms with E-state index in [1.54, 1.807) is 0 Å². The largest absolute Gasteiger partial charge is 0.479 e. The van der Waals surface area contributed by atoms with Gasteiger partial charge in [-0.15, -0.1) is 0 Å². The highest BCUT2D eigenvalue weighted by atomic mass is 16.8. The predicted octanol–water partition coefficient (Wildman–Crippen LogP) is -11.5. The molecule has 61 heavy (non-hydrogen) atoms. The van der Waals surface area contributed by atoms with Crippen LogP contribution in [-0.4, -0.2) is 281 Å². The van der Waals surface area contributed by atoms with Gasteiger partial charge in [-0.2, -0.15) is 0 Å². The number of nitrogens with two attached hydrogens (primary N) is 1. The third kappa shape index (κ3) is 10.8. The van der Waals surface area contributed by atoms with Gasteiger partial charge in [-0.1, -0.05) is 0 Å². The Hall–Kier alpha value is -1.57. The van der Waals surface area contributed by atoms with Gasteiger partial charge in [-0.3, -0.25) is 0 Å². The van der Waals surface area contributed by atoms with Crippen molar-refractivity contribution in [2.24, 2.45) is 5.73 Å². The number of carboxylic acids is 1. The van der Waals surface area contributed by atoms with Gasteiger partial charge in [0.15, 0.2) is 37.6 Å². The Morgan fingerprint density at radius 1 is 0.426 bits per heavy atom. The SMILES string of the molecule is NCCCOC1OC(CO)C(OC2OC(CO)C(OC3OC(CO)C(OC4OC(C(=O)O)C(OC5OC(CO)C(O)C(O)C5O)C(O)C4O)C(O)C3O)C(O)C2O)C(O)C1O. The number of aliphatic carboxylic acids is 1. The molecule has 25 atom stereocenters. The molecule has 5 aliphatic heterocycles. The van der Waals surface area contributed by atoms with Gasteiger partial charge in [0.2, 0.25) is 0 Å². The maximum Gasteiger partial charge on any atom is 0.335 e. The minimum atomic E-state index is -2.25. The first-order chi connectivity index (χ1) is 28.9. The molecule has 5 heterocycles. The lowest BCUT2D eigenvalue weighted by atomic mass is 9.95. The van der Waals surface area contributed by atoms with E-state index in [2.05, 4.69) is 0 Å². The summed E-state index contributed by atoms with van der Waals surface area (Å²) < 4.78 is 54.7. The molecule has 0 bridgehead atoms. The maximum absolute atomic E-state index is 12.2. The van der Waals surface area contributed by atoms with Crippen LogP contribution < -0.4 is 5.73 Å². The zero-order chi connectivity index (χ0) is 45.0. The average molecular weight is 900 g/mol. The van der Waals surface area contributed by atoms with Gasteiger partial charge in [-0.25, -0.2) is 4.79 Å². The molecule has 0 aromatic heterocycles. The Bertz CT molecular complexity index is 1350. The first kappa shape index (κ1) is 50.4. The van der Waals surface area contributed by atoms with Crippen LogP contribution in [0.1, 0.15) is 6.42 Å². The van der Waals surface area contributed by atoms with Crippen molar-refractivity contribution in [2.45, 2.75) is 160 Å².